The maximum Gasteiger partial charge on any atom is 0.323 e. The van der Waals surface area contributed by atoms with Crippen LogP contribution in [0.5, 0.6) is 0 Å². The first-order valence-corrected chi connectivity index (χ1v) is 7.88. The van der Waals surface area contributed by atoms with E-state index in [-0.39, 0.29) is 18.4 Å². The van der Waals surface area contributed by atoms with Gasteiger partial charge in [0.05, 0.1) is 18.3 Å². The van der Waals surface area contributed by atoms with E-state index in [4.69, 9.17) is 0 Å². The molecule has 0 atom stereocenters. The summed E-state index contributed by atoms with van der Waals surface area (Å²) >= 11 is 0. The first-order valence-electron chi connectivity index (χ1n) is 7.88. The minimum Gasteiger partial charge on any atom is -0.349 e. The highest BCUT2D eigenvalue weighted by Crippen LogP contribution is 2.17. The van der Waals surface area contributed by atoms with E-state index in [2.05, 4.69) is 22.7 Å². The number of para-hydroxylation sites is 1. The van der Waals surface area contributed by atoms with Gasteiger partial charge in [0.2, 0.25) is 5.91 Å². The van der Waals surface area contributed by atoms with Crippen LogP contribution in [0.1, 0.15) is 18.9 Å². The predicted molar refractivity (Wildman–Crippen MR) is 94.0 cm³/mol. The van der Waals surface area contributed by atoms with Gasteiger partial charge in [-0.2, -0.15) is 5.10 Å². The van der Waals surface area contributed by atoms with Crippen molar-refractivity contribution >= 4 is 23.3 Å². The normalized spacial score (nSPS) is 10.3. The van der Waals surface area contributed by atoms with Crippen LogP contribution in [0.4, 0.5) is 16.2 Å². The average Bonchev–Trinajstić information content (AvgIpc) is 2.96. The van der Waals surface area contributed by atoms with Crippen LogP contribution < -0.4 is 10.6 Å². The number of anilines is 2. The highest BCUT2D eigenvalue weighted by Gasteiger charge is 2.12. The molecule has 7 heteroatoms. The Labute approximate surface area is 141 Å². The van der Waals surface area contributed by atoms with Crippen molar-refractivity contribution in [2.45, 2.75) is 26.3 Å². The van der Waals surface area contributed by atoms with Gasteiger partial charge in [-0.05, 0) is 18.1 Å². The largest absolute Gasteiger partial charge is 0.349 e. The number of likely N-dealkylation sites (N-methyl/N-ethyl adjacent to an activating group) is 1. The second-order valence-electron chi connectivity index (χ2n) is 5.69. The number of hydrogen-bond acceptors (Lipinski definition) is 3. The number of rotatable bonds is 6. The summed E-state index contributed by atoms with van der Waals surface area (Å²) in [6.07, 6.45) is 4.60. The number of nitrogens with zero attached hydrogens (tertiary/aromatic N) is 3. The lowest BCUT2D eigenvalue weighted by molar-refractivity contribution is -0.127. The summed E-state index contributed by atoms with van der Waals surface area (Å²) in [4.78, 5) is 25.6. The number of aryl methyl sites for hydroxylation is 1. The van der Waals surface area contributed by atoms with Crippen LogP contribution in [0.3, 0.4) is 0 Å². The van der Waals surface area contributed by atoms with E-state index in [1.165, 1.54) is 4.90 Å². The molecule has 0 aliphatic rings. The van der Waals surface area contributed by atoms with Gasteiger partial charge in [-0.1, -0.05) is 25.1 Å². The third kappa shape index (κ3) is 4.84. The lowest BCUT2D eigenvalue weighted by atomic mass is 10.1. The van der Waals surface area contributed by atoms with Gasteiger partial charge in [-0.3, -0.25) is 9.48 Å². The van der Waals surface area contributed by atoms with Crippen molar-refractivity contribution in [2.75, 3.05) is 24.7 Å². The van der Waals surface area contributed by atoms with Crippen molar-refractivity contribution in [3.05, 3.63) is 42.2 Å². The molecule has 24 heavy (non-hydrogen) atoms. The molecule has 128 valence electrons. The lowest BCUT2D eigenvalue weighted by Gasteiger charge is -2.14. The summed E-state index contributed by atoms with van der Waals surface area (Å²) in [5.74, 6) is -0.0227. The molecule has 1 aromatic carbocycles. The maximum absolute atomic E-state index is 12.2. The van der Waals surface area contributed by atoms with Crippen LogP contribution in [0.25, 0.3) is 0 Å². The summed E-state index contributed by atoms with van der Waals surface area (Å²) in [6.45, 7) is 2.87. The van der Waals surface area contributed by atoms with Crippen molar-refractivity contribution in [1.82, 2.24) is 14.7 Å². The quantitative estimate of drug-likeness (QED) is 0.855. The molecule has 1 heterocycles. The summed E-state index contributed by atoms with van der Waals surface area (Å²) in [5, 5.41) is 9.70. The van der Waals surface area contributed by atoms with Crippen LogP contribution in [0, 0.1) is 0 Å². The Kier molecular flexibility index (Phi) is 5.95. The van der Waals surface area contributed by atoms with E-state index in [9.17, 15) is 9.59 Å². The van der Waals surface area contributed by atoms with Gasteiger partial charge in [-0.15, -0.1) is 0 Å². The van der Waals surface area contributed by atoms with Crippen molar-refractivity contribution in [3.63, 3.8) is 0 Å². The zero-order valence-corrected chi connectivity index (χ0v) is 14.2. The Morgan fingerprint density at radius 1 is 1.21 bits per heavy atom. The monoisotopic (exact) mass is 329 g/mol. The summed E-state index contributed by atoms with van der Waals surface area (Å²) in [6, 6.07) is 6.90. The molecule has 0 unspecified atom stereocenters. The molecule has 3 amide bonds. The molecule has 1 aromatic heterocycles. The van der Waals surface area contributed by atoms with E-state index < -0.39 is 0 Å². The molecule has 0 bridgehead atoms. The molecule has 2 rings (SSSR count). The Hall–Kier alpha value is -2.83. The van der Waals surface area contributed by atoms with E-state index in [0.717, 1.165) is 18.5 Å². The molecule has 7 nitrogen and oxygen atoms in total. The molecule has 0 aliphatic heterocycles. The van der Waals surface area contributed by atoms with E-state index >= 15 is 0 Å². The van der Waals surface area contributed by atoms with E-state index in [0.29, 0.717) is 11.4 Å². The van der Waals surface area contributed by atoms with Crippen molar-refractivity contribution in [3.8, 4) is 0 Å². The molecule has 0 fully saturated rings. The number of carbonyl (C=O) groups excluding carboxylic acids is 2. The minimum atomic E-state index is -0.365. The number of nitrogens with one attached hydrogen (secondary N) is 2. The zero-order chi connectivity index (χ0) is 17.5. The number of benzene rings is 1. The zero-order valence-electron chi connectivity index (χ0n) is 14.2. The van der Waals surface area contributed by atoms with Crippen LogP contribution >= 0.6 is 0 Å². The highest BCUT2D eigenvalue weighted by molar-refractivity contribution is 6.00. The number of urea groups is 1. The van der Waals surface area contributed by atoms with Gasteiger partial charge in [0, 0.05) is 32.5 Å². The first-order chi connectivity index (χ1) is 11.5. The smallest absolute Gasteiger partial charge is 0.323 e. The fourth-order valence-corrected chi connectivity index (χ4v) is 2.18. The second-order valence-corrected chi connectivity index (χ2v) is 5.69. The van der Waals surface area contributed by atoms with Crippen molar-refractivity contribution in [2.24, 2.45) is 0 Å². The third-order valence-corrected chi connectivity index (χ3v) is 3.45. The minimum absolute atomic E-state index is 0.0227. The van der Waals surface area contributed by atoms with Crippen LogP contribution in [0.15, 0.2) is 36.7 Å². The second kappa shape index (κ2) is 8.14. The van der Waals surface area contributed by atoms with Gasteiger partial charge < -0.3 is 15.5 Å². The lowest BCUT2D eigenvalue weighted by Crippen LogP contribution is -2.25. The molecule has 0 saturated heterocycles. The van der Waals surface area contributed by atoms with Gasteiger partial charge in [0.25, 0.3) is 0 Å². The number of hydrogen-bond donors (Lipinski definition) is 2. The number of carbonyl (C=O) groups is 2. The fourth-order valence-electron chi connectivity index (χ4n) is 2.18. The standard InChI is InChI=1S/C17H23N5O2/c1-4-9-22-12-14(11-18-22)19-17(24)20-15-8-6-5-7-13(15)10-16(23)21(2)3/h5-8,11-12H,4,9-10H2,1-3H3,(H2,19,20,24). The Morgan fingerprint density at radius 2 is 1.96 bits per heavy atom. The summed E-state index contributed by atoms with van der Waals surface area (Å²) in [5.41, 5.74) is 2.02. The molecular formula is C17H23N5O2. The molecule has 0 spiro atoms. The maximum atomic E-state index is 12.2. The van der Waals surface area contributed by atoms with Gasteiger partial charge in [0.15, 0.2) is 0 Å². The van der Waals surface area contributed by atoms with Crippen LogP contribution in [-0.4, -0.2) is 40.7 Å². The average molecular weight is 329 g/mol. The Bertz CT molecular complexity index is 709. The van der Waals surface area contributed by atoms with Crippen molar-refractivity contribution in [1.29, 1.82) is 0 Å². The summed E-state index contributed by atoms with van der Waals surface area (Å²) < 4.78 is 1.78. The van der Waals surface area contributed by atoms with Gasteiger partial charge in [-0.25, -0.2) is 4.79 Å². The molecule has 2 N–H and O–H groups in total. The Morgan fingerprint density at radius 3 is 2.67 bits per heavy atom. The van der Waals surface area contributed by atoms with Gasteiger partial charge >= 0.3 is 6.03 Å². The topological polar surface area (TPSA) is 79.3 Å². The molecule has 0 radical (unpaired) electrons. The Balaban J connectivity index is 2.01. The molecule has 2 aromatic rings. The molecule has 0 saturated carbocycles. The molecular weight excluding hydrogens is 306 g/mol. The van der Waals surface area contributed by atoms with Crippen LogP contribution in [0.2, 0.25) is 0 Å². The van der Waals surface area contributed by atoms with Crippen LogP contribution in [-0.2, 0) is 17.8 Å². The predicted octanol–water partition coefficient (Wildman–Crippen LogP) is 2.57. The van der Waals surface area contributed by atoms with E-state index in [1.54, 1.807) is 37.2 Å². The third-order valence-electron chi connectivity index (χ3n) is 3.45. The fraction of sp³-hybridized carbons (Fsp3) is 0.353. The molecule has 0 aliphatic carbocycles. The van der Waals surface area contributed by atoms with Crippen molar-refractivity contribution < 1.29 is 9.59 Å². The summed E-state index contributed by atoms with van der Waals surface area (Å²) in [7, 11) is 3.41. The number of amides is 3. The van der Waals surface area contributed by atoms with Gasteiger partial charge in [0.1, 0.15) is 0 Å². The SMILES string of the molecule is CCCn1cc(NC(=O)Nc2ccccc2CC(=O)N(C)C)cn1. The highest BCUT2D eigenvalue weighted by atomic mass is 16.2. The van der Waals surface area contributed by atoms with E-state index in [1.807, 2.05) is 18.2 Å². The first kappa shape index (κ1) is 17.5. The number of aromatic nitrogens is 2.